The number of carbonyl (C=O) groups excluding carboxylic acids is 2. The molecule has 0 aliphatic rings. The first kappa shape index (κ1) is 14.6. The third-order valence-corrected chi connectivity index (χ3v) is 2.02. The predicted molar refractivity (Wildman–Crippen MR) is 41.7 cm³/mol. The van der Waals surface area contributed by atoms with E-state index in [9.17, 15) is 33.8 Å². The van der Waals surface area contributed by atoms with Gasteiger partial charge in [0.05, 0.1) is 6.16 Å². The Morgan fingerprint density at radius 3 is 2.12 bits per heavy atom. The predicted octanol–water partition coefficient (Wildman–Crippen LogP) is -4.39. The van der Waals surface area contributed by atoms with Gasteiger partial charge >= 0.3 is 5.97 Å². The molecule has 16 heavy (non-hydrogen) atoms. The first-order chi connectivity index (χ1) is 7.11. The van der Waals surface area contributed by atoms with Crippen LogP contribution in [0.15, 0.2) is 0 Å². The number of hydrogen-bond donors (Lipinski definition) is 2. The van der Waals surface area contributed by atoms with Crippen molar-refractivity contribution in [2.24, 2.45) is 0 Å². The van der Waals surface area contributed by atoms with E-state index in [4.69, 9.17) is 5.11 Å². The summed E-state index contributed by atoms with van der Waals surface area (Å²) in [5, 5.41) is 20.1. The third kappa shape index (κ3) is 6.93. The van der Waals surface area contributed by atoms with Crippen LogP contribution in [-0.4, -0.2) is 35.2 Å². The van der Waals surface area contributed by atoms with Crippen LogP contribution in [0.4, 0.5) is 0 Å². The smallest absolute Gasteiger partial charge is 0.326 e. The van der Waals surface area contributed by atoms with Crippen LogP contribution in [-0.2, 0) is 18.9 Å². The molecule has 0 spiro atoms. The molecular weight excluding hydrogens is 245 g/mol. The Bertz CT molecular complexity index is 346. The second-order valence-electron chi connectivity index (χ2n) is 2.80. The lowest BCUT2D eigenvalue weighted by atomic mass is 10.2. The lowest BCUT2D eigenvalue weighted by Crippen LogP contribution is -2.46. The van der Waals surface area contributed by atoms with Gasteiger partial charge < -0.3 is 34.7 Å². The molecule has 1 amide bonds. The summed E-state index contributed by atoms with van der Waals surface area (Å²) >= 11 is 0. The molecular formula is C6H7NO8P-3. The molecule has 0 saturated carbocycles. The Morgan fingerprint density at radius 1 is 1.31 bits per heavy atom. The van der Waals surface area contributed by atoms with Crippen molar-refractivity contribution < 1.29 is 38.9 Å². The second kappa shape index (κ2) is 5.59. The minimum Gasteiger partial charge on any atom is -0.810 e. The van der Waals surface area contributed by atoms with Gasteiger partial charge in [0.2, 0.25) is 5.91 Å². The highest BCUT2D eigenvalue weighted by molar-refractivity contribution is 7.49. The standard InChI is InChI=1S/C6H10NO8P/c8-4(2-16(13,14)15)7-3(6(11)12)1-5(9)10/h3H,1-2H2,(H,7,8)(H,9,10)(H,11,12)(H2,13,14,15)/p-3. The molecule has 92 valence electrons. The molecule has 0 aromatic rings. The van der Waals surface area contributed by atoms with Gasteiger partial charge in [0.25, 0.3) is 0 Å². The van der Waals surface area contributed by atoms with E-state index in [1.807, 2.05) is 0 Å². The van der Waals surface area contributed by atoms with Crippen molar-refractivity contribution in [2.45, 2.75) is 12.5 Å². The molecule has 0 radical (unpaired) electrons. The Morgan fingerprint density at radius 2 is 1.81 bits per heavy atom. The van der Waals surface area contributed by atoms with Crippen LogP contribution >= 0.6 is 7.60 Å². The zero-order chi connectivity index (χ0) is 12.9. The van der Waals surface area contributed by atoms with Crippen LogP contribution < -0.4 is 20.2 Å². The van der Waals surface area contributed by atoms with E-state index in [1.54, 1.807) is 5.32 Å². The van der Waals surface area contributed by atoms with Gasteiger partial charge in [-0.1, -0.05) is 7.60 Å². The number of nitrogens with one attached hydrogen (secondary N) is 1. The molecule has 1 unspecified atom stereocenters. The molecule has 0 heterocycles. The summed E-state index contributed by atoms with van der Waals surface area (Å²) in [5.74, 6) is -4.79. The Kier molecular flexibility index (Phi) is 5.09. The molecule has 0 saturated heterocycles. The molecule has 0 fully saturated rings. The maximum absolute atomic E-state index is 10.8. The van der Waals surface area contributed by atoms with Crippen molar-refractivity contribution in [1.82, 2.24) is 5.32 Å². The van der Waals surface area contributed by atoms with Crippen LogP contribution in [0.25, 0.3) is 0 Å². The molecule has 0 aliphatic heterocycles. The highest BCUT2D eigenvalue weighted by Gasteiger charge is 2.20. The number of rotatable bonds is 6. The summed E-state index contributed by atoms with van der Waals surface area (Å²) in [6.45, 7) is 0. The summed E-state index contributed by atoms with van der Waals surface area (Å²) in [4.78, 5) is 51.6. The average Bonchev–Trinajstić information content (AvgIpc) is 1.97. The lowest BCUT2D eigenvalue weighted by Gasteiger charge is -2.29. The number of hydrogen-bond acceptors (Lipinski definition) is 7. The van der Waals surface area contributed by atoms with Crippen LogP contribution in [0.1, 0.15) is 6.42 Å². The van der Waals surface area contributed by atoms with Crippen molar-refractivity contribution in [3.8, 4) is 0 Å². The molecule has 0 bridgehead atoms. The summed E-state index contributed by atoms with van der Waals surface area (Å²) in [6, 6.07) is -1.83. The Hall–Kier alpha value is -1.44. The van der Waals surface area contributed by atoms with Crippen LogP contribution in [0, 0.1) is 0 Å². The largest absolute Gasteiger partial charge is 0.810 e. The van der Waals surface area contributed by atoms with Crippen molar-refractivity contribution in [1.29, 1.82) is 0 Å². The second-order valence-corrected chi connectivity index (χ2v) is 4.34. The van der Waals surface area contributed by atoms with Gasteiger partial charge in [-0.05, 0) is 0 Å². The molecule has 0 aromatic heterocycles. The first-order valence-electron chi connectivity index (χ1n) is 3.85. The Labute approximate surface area is 89.2 Å². The van der Waals surface area contributed by atoms with Gasteiger partial charge in [-0.2, -0.15) is 0 Å². The molecule has 0 rings (SSSR count). The summed E-state index contributed by atoms with van der Waals surface area (Å²) in [7, 11) is -5.11. The van der Waals surface area contributed by atoms with E-state index in [2.05, 4.69) is 0 Å². The van der Waals surface area contributed by atoms with Crippen LogP contribution in [0.3, 0.4) is 0 Å². The van der Waals surface area contributed by atoms with E-state index in [0.717, 1.165) is 0 Å². The molecule has 10 heteroatoms. The molecule has 1 atom stereocenters. The molecule has 9 nitrogen and oxygen atoms in total. The maximum Gasteiger partial charge on any atom is 0.326 e. The van der Waals surface area contributed by atoms with Crippen molar-refractivity contribution in [3.05, 3.63) is 0 Å². The van der Waals surface area contributed by atoms with Crippen molar-refractivity contribution >= 4 is 25.4 Å². The molecule has 0 aliphatic carbocycles. The van der Waals surface area contributed by atoms with E-state index in [-0.39, 0.29) is 0 Å². The van der Waals surface area contributed by atoms with Gasteiger partial charge in [0.1, 0.15) is 6.04 Å². The van der Waals surface area contributed by atoms with Crippen molar-refractivity contribution in [2.75, 3.05) is 6.16 Å². The fraction of sp³-hybridized carbons (Fsp3) is 0.500. The van der Waals surface area contributed by atoms with E-state index in [0.29, 0.717) is 0 Å². The van der Waals surface area contributed by atoms with Gasteiger partial charge in [0, 0.05) is 12.4 Å². The zero-order valence-electron chi connectivity index (χ0n) is 7.74. The topological polar surface area (TPSA) is 170 Å². The first-order valence-corrected chi connectivity index (χ1v) is 5.57. The summed E-state index contributed by atoms with van der Waals surface area (Å²) in [5.41, 5.74) is 0. The minimum absolute atomic E-state index is 1.02. The van der Waals surface area contributed by atoms with Crippen molar-refractivity contribution in [3.63, 3.8) is 0 Å². The number of carbonyl (C=O) groups is 3. The van der Waals surface area contributed by atoms with Gasteiger partial charge in [-0.15, -0.1) is 0 Å². The minimum atomic E-state index is -5.11. The third-order valence-electron chi connectivity index (χ3n) is 1.34. The number of carboxylic acid groups (broad SMARTS) is 2. The molecule has 0 aromatic carbocycles. The fourth-order valence-corrected chi connectivity index (χ4v) is 1.23. The maximum atomic E-state index is 10.8. The van der Waals surface area contributed by atoms with E-state index in [1.165, 1.54) is 0 Å². The van der Waals surface area contributed by atoms with Crippen LogP contribution in [0.2, 0.25) is 0 Å². The lowest BCUT2D eigenvalue weighted by molar-refractivity contribution is -0.312. The van der Waals surface area contributed by atoms with Gasteiger partial charge in [-0.3, -0.25) is 4.79 Å². The quantitative estimate of drug-likeness (QED) is 0.446. The SMILES string of the molecule is O=C([O-])CC(NC(=O)CP(=O)([O-])[O-])C(=O)O. The normalized spacial score (nSPS) is 12.9. The highest BCUT2D eigenvalue weighted by Crippen LogP contribution is 2.21. The van der Waals surface area contributed by atoms with Crippen LogP contribution in [0.5, 0.6) is 0 Å². The highest BCUT2D eigenvalue weighted by atomic mass is 31.2. The monoisotopic (exact) mass is 252 g/mol. The molecule has 2 N–H and O–H groups in total. The Balaban J connectivity index is 4.41. The van der Waals surface area contributed by atoms with E-state index < -0.39 is 44.1 Å². The summed E-state index contributed by atoms with van der Waals surface area (Å²) < 4.78 is 10.2. The number of aliphatic carboxylic acids is 2. The fourth-order valence-electron chi connectivity index (χ4n) is 0.783. The average molecular weight is 252 g/mol. The van der Waals surface area contributed by atoms with Gasteiger partial charge in [0.15, 0.2) is 0 Å². The zero-order valence-corrected chi connectivity index (χ0v) is 8.64. The number of carboxylic acids is 2. The van der Waals surface area contributed by atoms with E-state index >= 15 is 0 Å². The summed E-state index contributed by atoms with van der Waals surface area (Å²) in [6.07, 6.45) is -2.45. The van der Waals surface area contributed by atoms with Gasteiger partial charge in [-0.25, -0.2) is 4.79 Å². The number of amides is 1.